The molecule has 0 saturated carbocycles. The van der Waals surface area contributed by atoms with Crippen LogP contribution >= 0.6 is 0 Å². The number of aliphatic carboxylic acids is 1. The molecule has 1 saturated heterocycles. The molecule has 11 heteroatoms. The van der Waals surface area contributed by atoms with E-state index in [1.165, 1.54) is 12.1 Å². The van der Waals surface area contributed by atoms with Crippen LogP contribution in [0.4, 0.5) is 13.2 Å². The van der Waals surface area contributed by atoms with Crippen molar-refractivity contribution in [1.29, 1.82) is 0 Å². The van der Waals surface area contributed by atoms with E-state index in [9.17, 15) is 26.4 Å². The zero-order chi connectivity index (χ0) is 31.2. The predicted octanol–water partition coefficient (Wildman–Crippen LogP) is 6.90. The van der Waals surface area contributed by atoms with Crippen LogP contribution in [-0.4, -0.2) is 44.2 Å². The van der Waals surface area contributed by atoms with Gasteiger partial charge in [-0.3, -0.25) is 4.79 Å². The normalized spacial score (nSPS) is 20.9. The third kappa shape index (κ3) is 6.38. The first-order valence-corrected chi connectivity index (χ1v) is 16.5. The zero-order valence-corrected chi connectivity index (χ0v) is 25.0. The van der Waals surface area contributed by atoms with E-state index < -0.39 is 33.7 Å². The molecular formula is C33H33F3O7S. The van der Waals surface area contributed by atoms with Crippen molar-refractivity contribution in [3.63, 3.8) is 0 Å². The molecule has 3 aromatic rings. The summed E-state index contributed by atoms with van der Waals surface area (Å²) < 4.78 is 83.6. The molecule has 7 nitrogen and oxygen atoms in total. The number of hydrogen-bond donors (Lipinski definition) is 1. The molecule has 234 valence electrons. The Bertz CT molecular complexity index is 1690. The molecule has 0 bridgehead atoms. The Kier molecular flexibility index (Phi) is 8.02. The van der Waals surface area contributed by atoms with Gasteiger partial charge in [0.15, 0.2) is 0 Å². The first kappa shape index (κ1) is 30.3. The first-order valence-electron chi connectivity index (χ1n) is 14.7. The number of hydrogen-bond acceptors (Lipinski definition) is 6. The van der Waals surface area contributed by atoms with Gasteiger partial charge in [-0.15, -0.1) is 0 Å². The fourth-order valence-corrected chi connectivity index (χ4v) is 8.03. The molecule has 2 aliphatic heterocycles. The Morgan fingerprint density at radius 1 is 0.977 bits per heavy atom. The molecule has 2 unspecified atom stereocenters. The average Bonchev–Trinajstić information content (AvgIpc) is 3.55. The molecule has 3 aromatic carbocycles. The fraction of sp³-hybridized carbons (Fsp3) is 0.424. The van der Waals surface area contributed by atoms with Crippen molar-refractivity contribution in [1.82, 2.24) is 0 Å². The second kappa shape index (κ2) is 11.6. The number of carboxylic acid groups (broad SMARTS) is 1. The maximum atomic E-state index is 14.1. The Labute approximate surface area is 253 Å². The second-order valence-corrected chi connectivity index (χ2v) is 14.2. The lowest BCUT2D eigenvalue weighted by molar-refractivity contribution is -0.138. The van der Waals surface area contributed by atoms with Gasteiger partial charge in [0.05, 0.1) is 36.7 Å². The fourth-order valence-electron chi connectivity index (χ4n) is 6.44. The topological polar surface area (TPSA) is 99.1 Å². The van der Waals surface area contributed by atoms with E-state index in [0.717, 1.165) is 16.7 Å². The number of rotatable bonds is 8. The summed E-state index contributed by atoms with van der Waals surface area (Å²) in [6, 6.07) is 12.9. The van der Waals surface area contributed by atoms with Crippen LogP contribution in [0.2, 0.25) is 0 Å². The molecule has 1 N–H and O–H groups in total. The van der Waals surface area contributed by atoms with Crippen molar-refractivity contribution in [3.05, 3.63) is 76.3 Å². The van der Waals surface area contributed by atoms with E-state index in [1.54, 1.807) is 30.3 Å². The Hall–Kier alpha value is -3.73. The van der Waals surface area contributed by atoms with Crippen LogP contribution < -0.4 is 14.2 Å². The molecule has 2 heterocycles. The molecule has 0 aromatic heterocycles. The van der Waals surface area contributed by atoms with E-state index in [1.807, 2.05) is 13.0 Å². The highest BCUT2D eigenvalue weighted by Crippen LogP contribution is 2.46. The van der Waals surface area contributed by atoms with Gasteiger partial charge in [-0.1, -0.05) is 12.1 Å². The summed E-state index contributed by atoms with van der Waals surface area (Å²) in [4.78, 5) is 11.2. The van der Waals surface area contributed by atoms with Crippen LogP contribution in [0, 0.1) is 12.8 Å². The number of carbonyl (C=O) groups is 1. The first-order chi connectivity index (χ1) is 20.9. The Balaban J connectivity index is 1.24. The highest BCUT2D eigenvalue weighted by atomic mass is 32.2. The van der Waals surface area contributed by atoms with Gasteiger partial charge in [0.2, 0.25) is 0 Å². The van der Waals surface area contributed by atoms with Crippen molar-refractivity contribution < 1.29 is 45.7 Å². The maximum Gasteiger partial charge on any atom is 0.416 e. The van der Waals surface area contributed by atoms with Gasteiger partial charge >= 0.3 is 12.1 Å². The van der Waals surface area contributed by atoms with Crippen molar-refractivity contribution in [3.8, 4) is 28.4 Å². The van der Waals surface area contributed by atoms with E-state index >= 15 is 0 Å². The lowest BCUT2D eigenvalue weighted by Gasteiger charge is -2.22. The summed E-state index contributed by atoms with van der Waals surface area (Å²) in [5.41, 5.74) is 3.29. The van der Waals surface area contributed by atoms with Gasteiger partial charge in [-0.2, -0.15) is 13.2 Å². The maximum absolute atomic E-state index is 14.1. The van der Waals surface area contributed by atoms with Crippen LogP contribution in [0.5, 0.6) is 17.2 Å². The van der Waals surface area contributed by atoms with E-state index in [2.05, 4.69) is 0 Å². The van der Waals surface area contributed by atoms with Crippen molar-refractivity contribution in [2.75, 3.05) is 24.7 Å². The molecule has 0 spiro atoms. The van der Waals surface area contributed by atoms with Gasteiger partial charge in [-0.25, -0.2) is 8.42 Å². The largest absolute Gasteiger partial charge is 0.493 e. The number of ether oxygens (including phenoxy) is 3. The summed E-state index contributed by atoms with van der Waals surface area (Å²) in [6.45, 7) is 2.48. The minimum absolute atomic E-state index is 0.0499. The average molecular weight is 631 g/mol. The predicted molar refractivity (Wildman–Crippen MR) is 157 cm³/mol. The number of sulfone groups is 1. The van der Waals surface area contributed by atoms with Crippen molar-refractivity contribution in [2.45, 2.75) is 57.2 Å². The smallest absolute Gasteiger partial charge is 0.416 e. The summed E-state index contributed by atoms with van der Waals surface area (Å²) in [5.74, 6) is 0.872. The highest BCUT2D eigenvalue weighted by Gasteiger charge is 2.36. The zero-order valence-electron chi connectivity index (χ0n) is 24.2. The lowest BCUT2D eigenvalue weighted by Crippen LogP contribution is -2.26. The molecule has 1 aliphatic carbocycles. The standard InChI is InChI=1S/C33H33F3O7S/c1-19-12-23(41-17-20-8-10-44(39,40)11-9-20)2-4-25(19)28-14-22(33(34,35)36)15-29-27(28)6-7-30(29)43-24-3-5-26-21(13-32(37)38)18-42-31(26)16-24/h2-5,12,14-16,20-21,30H,6-11,13,17-18H2,1H3,(H,37,38). The lowest BCUT2D eigenvalue weighted by atomic mass is 9.91. The van der Waals surface area contributed by atoms with E-state index in [4.69, 9.17) is 19.3 Å². The summed E-state index contributed by atoms with van der Waals surface area (Å²) >= 11 is 0. The van der Waals surface area contributed by atoms with Crippen LogP contribution in [0.15, 0.2) is 48.5 Å². The molecule has 3 aliphatic rings. The van der Waals surface area contributed by atoms with Gasteiger partial charge < -0.3 is 19.3 Å². The number of aryl methyl sites for hydroxylation is 1. The SMILES string of the molecule is Cc1cc(OCC2CCS(=O)(=O)CC2)ccc1-c1cc(C(F)(F)F)cc2c1CCC2Oc1ccc2c(c1)OCC2CC(=O)O. The molecule has 6 rings (SSSR count). The van der Waals surface area contributed by atoms with Gasteiger partial charge in [0.1, 0.15) is 33.2 Å². The summed E-state index contributed by atoms with van der Waals surface area (Å²) in [7, 11) is -2.96. The monoisotopic (exact) mass is 630 g/mol. The molecule has 44 heavy (non-hydrogen) atoms. The minimum atomic E-state index is -4.55. The van der Waals surface area contributed by atoms with Crippen LogP contribution in [0.3, 0.4) is 0 Å². The van der Waals surface area contributed by atoms with Gasteiger partial charge in [0.25, 0.3) is 0 Å². The molecule has 0 amide bonds. The second-order valence-electron chi connectivity index (χ2n) is 11.9. The summed E-state index contributed by atoms with van der Waals surface area (Å²) in [5, 5.41) is 9.16. The summed E-state index contributed by atoms with van der Waals surface area (Å²) in [6.07, 6.45) is -3.04. The number of benzene rings is 3. The number of fused-ring (bicyclic) bond motifs is 2. The van der Waals surface area contributed by atoms with Crippen molar-refractivity contribution >= 4 is 15.8 Å². The molecular weight excluding hydrogens is 597 g/mol. The van der Waals surface area contributed by atoms with Crippen LogP contribution in [0.1, 0.15) is 65.5 Å². The van der Waals surface area contributed by atoms with Crippen LogP contribution in [0.25, 0.3) is 11.1 Å². The Morgan fingerprint density at radius 3 is 2.43 bits per heavy atom. The van der Waals surface area contributed by atoms with E-state index in [0.29, 0.717) is 66.2 Å². The molecule has 2 atom stereocenters. The number of carboxylic acids is 1. The molecule has 0 radical (unpaired) electrons. The third-order valence-electron chi connectivity index (χ3n) is 8.83. The van der Waals surface area contributed by atoms with Gasteiger partial charge in [0, 0.05) is 17.5 Å². The minimum Gasteiger partial charge on any atom is -0.493 e. The van der Waals surface area contributed by atoms with Gasteiger partial charge in [-0.05, 0) is 96.7 Å². The Morgan fingerprint density at radius 2 is 1.73 bits per heavy atom. The van der Waals surface area contributed by atoms with Crippen molar-refractivity contribution in [2.24, 2.45) is 5.92 Å². The van der Waals surface area contributed by atoms with E-state index in [-0.39, 0.29) is 36.4 Å². The quantitative estimate of drug-likeness (QED) is 0.289. The highest BCUT2D eigenvalue weighted by molar-refractivity contribution is 7.91. The number of halogens is 3. The number of alkyl halides is 3. The molecule has 1 fully saturated rings. The van der Waals surface area contributed by atoms with Crippen LogP contribution in [-0.2, 0) is 27.2 Å². The third-order valence-corrected chi connectivity index (χ3v) is 10.5.